The second-order valence-corrected chi connectivity index (χ2v) is 6.19. The highest BCUT2D eigenvalue weighted by atomic mass is 35.5. The van der Waals surface area contributed by atoms with Gasteiger partial charge in [-0.2, -0.15) is 0 Å². The number of pyridine rings is 1. The Bertz CT molecular complexity index is 618. The van der Waals surface area contributed by atoms with Gasteiger partial charge in [-0.25, -0.2) is 9.78 Å². The largest absolute Gasteiger partial charge is 0.481 e. The summed E-state index contributed by atoms with van der Waals surface area (Å²) in [6.07, 6.45) is 1.65. The molecule has 112 valence electrons. The summed E-state index contributed by atoms with van der Waals surface area (Å²) < 4.78 is 5.87. The highest BCUT2D eigenvalue weighted by Crippen LogP contribution is 2.22. The van der Waals surface area contributed by atoms with Crippen LogP contribution >= 0.6 is 22.9 Å². The van der Waals surface area contributed by atoms with Gasteiger partial charge in [0.1, 0.15) is 0 Å². The normalized spacial score (nSPS) is 10.2. The van der Waals surface area contributed by atoms with Crippen LogP contribution in [0.5, 0.6) is 5.88 Å². The lowest BCUT2D eigenvalue weighted by Crippen LogP contribution is -2.36. The molecule has 2 aromatic heterocycles. The molecule has 0 aliphatic rings. The molecule has 21 heavy (non-hydrogen) atoms. The molecule has 0 aromatic carbocycles. The Morgan fingerprint density at radius 2 is 2.29 bits per heavy atom. The van der Waals surface area contributed by atoms with Crippen molar-refractivity contribution in [3.8, 4) is 5.88 Å². The number of halogens is 1. The number of nitrogens with one attached hydrogen (secondary N) is 1. The quantitative estimate of drug-likeness (QED) is 0.918. The first-order valence-corrected chi connectivity index (χ1v) is 7.50. The third-order valence-corrected chi connectivity index (χ3v) is 4.06. The number of carbonyl (C=O) groups excluding carboxylic acids is 1. The van der Waals surface area contributed by atoms with E-state index in [9.17, 15) is 4.79 Å². The summed E-state index contributed by atoms with van der Waals surface area (Å²) in [5.74, 6) is 0.519. The zero-order valence-electron chi connectivity index (χ0n) is 11.8. The molecule has 0 atom stereocenters. The number of rotatable bonds is 5. The molecule has 2 aromatic rings. The first kappa shape index (κ1) is 15.6. The van der Waals surface area contributed by atoms with Crippen LogP contribution in [-0.2, 0) is 13.1 Å². The molecule has 2 rings (SSSR count). The van der Waals surface area contributed by atoms with E-state index in [1.165, 1.54) is 11.3 Å². The van der Waals surface area contributed by atoms with Crippen LogP contribution in [0.3, 0.4) is 0 Å². The summed E-state index contributed by atoms with van der Waals surface area (Å²) in [5, 5.41) is 2.84. The Kier molecular flexibility index (Phi) is 5.41. The number of thiophene rings is 1. The van der Waals surface area contributed by atoms with Crippen LogP contribution in [0.1, 0.15) is 10.4 Å². The molecule has 0 fully saturated rings. The van der Waals surface area contributed by atoms with Crippen LogP contribution in [-0.4, -0.2) is 30.1 Å². The Morgan fingerprint density at radius 1 is 1.48 bits per heavy atom. The first-order valence-electron chi connectivity index (χ1n) is 6.31. The number of urea groups is 1. The molecule has 5 nitrogen and oxygen atoms in total. The molecule has 0 saturated carbocycles. The number of aromatic nitrogens is 1. The van der Waals surface area contributed by atoms with E-state index < -0.39 is 0 Å². The van der Waals surface area contributed by atoms with Gasteiger partial charge < -0.3 is 15.0 Å². The minimum Gasteiger partial charge on any atom is -0.481 e. The van der Waals surface area contributed by atoms with E-state index in [1.54, 1.807) is 31.3 Å². The molecular formula is C14H16ClN3O2S. The number of ether oxygens (including phenoxy) is 1. The van der Waals surface area contributed by atoms with E-state index in [0.717, 1.165) is 14.8 Å². The van der Waals surface area contributed by atoms with Crippen molar-refractivity contribution in [1.29, 1.82) is 0 Å². The Balaban J connectivity index is 1.89. The average Bonchev–Trinajstić information content (AvgIpc) is 2.90. The van der Waals surface area contributed by atoms with E-state index in [2.05, 4.69) is 10.3 Å². The lowest BCUT2D eigenvalue weighted by molar-refractivity contribution is 0.206. The fourth-order valence-corrected chi connectivity index (χ4v) is 2.93. The molecular weight excluding hydrogens is 310 g/mol. The molecule has 0 bridgehead atoms. The maximum absolute atomic E-state index is 12.1. The predicted molar refractivity (Wildman–Crippen MR) is 83.8 cm³/mol. The minimum atomic E-state index is -0.162. The van der Waals surface area contributed by atoms with Crippen LogP contribution in [0.4, 0.5) is 4.79 Å². The lowest BCUT2D eigenvalue weighted by atomic mass is 10.2. The molecule has 2 amide bonds. The lowest BCUT2D eigenvalue weighted by Gasteiger charge is -2.17. The second kappa shape index (κ2) is 7.28. The van der Waals surface area contributed by atoms with Crippen LogP contribution in [0.15, 0.2) is 30.5 Å². The average molecular weight is 326 g/mol. The molecule has 0 unspecified atom stereocenters. The maximum atomic E-state index is 12.1. The van der Waals surface area contributed by atoms with Gasteiger partial charge in [-0.15, -0.1) is 11.3 Å². The van der Waals surface area contributed by atoms with Crippen LogP contribution in [0, 0.1) is 0 Å². The SMILES string of the molecule is COc1ncccc1CNC(=O)N(C)Cc1ccc(Cl)s1. The molecule has 2 heterocycles. The van der Waals surface area contributed by atoms with Crippen LogP contribution in [0.2, 0.25) is 4.34 Å². The van der Waals surface area contributed by atoms with Gasteiger partial charge in [0.2, 0.25) is 5.88 Å². The summed E-state index contributed by atoms with van der Waals surface area (Å²) >= 11 is 7.34. The molecule has 0 spiro atoms. The zero-order valence-corrected chi connectivity index (χ0v) is 13.4. The number of hydrogen-bond donors (Lipinski definition) is 1. The van der Waals surface area contributed by atoms with Crippen molar-refractivity contribution in [2.75, 3.05) is 14.2 Å². The third-order valence-electron chi connectivity index (χ3n) is 2.84. The van der Waals surface area contributed by atoms with Gasteiger partial charge in [0, 0.05) is 30.2 Å². The Labute approximate surface area is 132 Å². The number of methoxy groups -OCH3 is 1. The maximum Gasteiger partial charge on any atom is 0.317 e. The van der Waals surface area contributed by atoms with Crippen molar-refractivity contribution >= 4 is 29.0 Å². The smallest absolute Gasteiger partial charge is 0.317 e. The van der Waals surface area contributed by atoms with Gasteiger partial charge in [-0.3, -0.25) is 0 Å². The van der Waals surface area contributed by atoms with Crippen molar-refractivity contribution in [3.05, 3.63) is 45.2 Å². The monoisotopic (exact) mass is 325 g/mol. The van der Waals surface area contributed by atoms with E-state index in [0.29, 0.717) is 19.0 Å². The number of amides is 2. The van der Waals surface area contributed by atoms with Crippen molar-refractivity contribution in [3.63, 3.8) is 0 Å². The van der Waals surface area contributed by atoms with E-state index in [-0.39, 0.29) is 6.03 Å². The summed E-state index contributed by atoms with van der Waals surface area (Å²) in [4.78, 5) is 18.8. The summed E-state index contributed by atoms with van der Waals surface area (Å²) in [5.41, 5.74) is 0.834. The number of nitrogens with zero attached hydrogens (tertiary/aromatic N) is 2. The Hall–Kier alpha value is -1.79. The van der Waals surface area contributed by atoms with Crippen molar-refractivity contribution in [2.45, 2.75) is 13.1 Å². The van der Waals surface area contributed by atoms with E-state index >= 15 is 0 Å². The molecule has 0 aliphatic carbocycles. The zero-order chi connectivity index (χ0) is 15.2. The standard InChI is InChI=1S/C14H16ClN3O2S/c1-18(9-11-5-6-12(15)21-11)14(19)17-8-10-4-3-7-16-13(10)20-2/h3-7H,8-9H2,1-2H3,(H,17,19). The molecule has 0 saturated heterocycles. The topological polar surface area (TPSA) is 54.5 Å². The molecule has 0 aliphatic heterocycles. The fourth-order valence-electron chi connectivity index (χ4n) is 1.79. The van der Waals surface area contributed by atoms with Crippen LogP contribution in [0.25, 0.3) is 0 Å². The summed E-state index contributed by atoms with van der Waals surface area (Å²) in [6, 6.07) is 7.26. The fraction of sp³-hybridized carbons (Fsp3) is 0.286. The van der Waals surface area contributed by atoms with Gasteiger partial charge in [-0.1, -0.05) is 17.7 Å². The predicted octanol–water partition coefficient (Wildman–Crippen LogP) is 3.15. The van der Waals surface area contributed by atoms with Crippen molar-refractivity contribution in [2.24, 2.45) is 0 Å². The highest BCUT2D eigenvalue weighted by molar-refractivity contribution is 7.16. The van der Waals surface area contributed by atoms with Gasteiger partial charge in [0.15, 0.2) is 0 Å². The van der Waals surface area contributed by atoms with Gasteiger partial charge >= 0.3 is 6.03 Å². The summed E-state index contributed by atoms with van der Waals surface area (Å²) in [6.45, 7) is 0.888. The number of carbonyl (C=O) groups is 1. The molecule has 0 radical (unpaired) electrons. The van der Waals surface area contributed by atoms with E-state index in [4.69, 9.17) is 16.3 Å². The van der Waals surface area contributed by atoms with Crippen molar-refractivity contribution < 1.29 is 9.53 Å². The van der Waals surface area contributed by atoms with Gasteiger partial charge in [0.25, 0.3) is 0 Å². The Morgan fingerprint density at radius 3 is 2.95 bits per heavy atom. The molecule has 7 heteroatoms. The second-order valence-electron chi connectivity index (χ2n) is 4.39. The van der Waals surface area contributed by atoms with Gasteiger partial charge in [0.05, 0.1) is 18.0 Å². The summed E-state index contributed by atoms with van der Waals surface area (Å²) in [7, 11) is 3.30. The minimum absolute atomic E-state index is 0.162. The molecule has 1 N–H and O–H groups in total. The van der Waals surface area contributed by atoms with Crippen molar-refractivity contribution in [1.82, 2.24) is 15.2 Å². The first-order chi connectivity index (χ1) is 10.1. The van der Waals surface area contributed by atoms with E-state index in [1.807, 2.05) is 18.2 Å². The third kappa shape index (κ3) is 4.34. The van der Waals surface area contributed by atoms with Crippen LogP contribution < -0.4 is 10.1 Å². The number of hydrogen-bond acceptors (Lipinski definition) is 4. The highest BCUT2D eigenvalue weighted by Gasteiger charge is 2.11. The van der Waals surface area contributed by atoms with Gasteiger partial charge in [-0.05, 0) is 18.2 Å².